The summed E-state index contributed by atoms with van der Waals surface area (Å²) < 4.78 is 41.0. The predicted molar refractivity (Wildman–Crippen MR) is 106 cm³/mol. The minimum Gasteiger partial charge on any atom is -0.468 e. The highest BCUT2D eigenvalue weighted by molar-refractivity contribution is 5.95. The Balaban J connectivity index is 2.48. The van der Waals surface area contributed by atoms with Crippen LogP contribution in [0.15, 0.2) is 47.4 Å². The number of hydrogen-bond donors (Lipinski definition) is 0. The van der Waals surface area contributed by atoms with Crippen LogP contribution in [-0.4, -0.2) is 30.2 Å². The molecule has 3 aromatic rings. The molecule has 0 radical (unpaired) electrons. The van der Waals surface area contributed by atoms with Crippen LogP contribution in [0.4, 0.5) is 8.78 Å². The second kappa shape index (κ2) is 8.75. The normalized spacial score (nSPS) is 11.6. The van der Waals surface area contributed by atoms with E-state index in [4.69, 9.17) is 4.74 Å². The number of hydrogen-bond acceptors (Lipinski definition) is 6. The van der Waals surface area contributed by atoms with E-state index in [1.807, 2.05) is 0 Å². The van der Waals surface area contributed by atoms with Crippen molar-refractivity contribution in [2.45, 2.75) is 12.8 Å². The van der Waals surface area contributed by atoms with Crippen LogP contribution in [0.2, 0.25) is 0 Å². The summed E-state index contributed by atoms with van der Waals surface area (Å²) in [5.74, 6) is -6.58. The van der Waals surface area contributed by atoms with E-state index in [1.54, 1.807) is 37.3 Å². The van der Waals surface area contributed by atoms with Crippen molar-refractivity contribution in [2.75, 3.05) is 13.7 Å². The molecule has 0 aliphatic carbocycles. The molecule has 0 bridgehead atoms. The minimum absolute atomic E-state index is 0.00765. The first-order chi connectivity index (χ1) is 14.8. The Morgan fingerprint density at radius 3 is 2.48 bits per heavy atom. The number of nitrogens with zero attached hydrogens (tertiary/aromatic N) is 2. The first kappa shape index (κ1) is 21.6. The highest BCUT2D eigenvalue weighted by atomic mass is 19.1. The van der Waals surface area contributed by atoms with Crippen molar-refractivity contribution in [3.8, 4) is 11.8 Å². The lowest BCUT2D eigenvalue weighted by Crippen LogP contribution is -2.23. The summed E-state index contributed by atoms with van der Waals surface area (Å²) in [4.78, 5) is 37.1. The van der Waals surface area contributed by atoms with Gasteiger partial charge in [0.2, 0.25) is 5.43 Å². The topological polar surface area (TPSA) is 98.4 Å². The number of esters is 2. The van der Waals surface area contributed by atoms with Gasteiger partial charge in [0.15, 0.2) is 11.7 Å². The fourth-order valence-corrected chi connectivity index (χ4v) is 3.19. The molecule has 31 heavy (non-hydrogen) atoms. The number of halogens is 2. The largest absolute Gasteiger partial charge is 0.468 e. The van der Waals surface area contributed by atoms with Gasteiger partial charge in [0.1, 0.15) is 11.4 Å². The summed E-state index contributed by atoms with van der Waals surface area (Å²) in [6.07, 6.45) is 1.09. The molecule has 3 rings (SSSR count). The molecular formula is C22H16F2N2O5. The lowest BCUT2D eigenvalue weighted by molar-refractivity contribution is -0.141. The predicted octanol–water partition coefficient (Wildman–Crippen LogP) is 3.23. The van der Waals surface area contributed by atoms with Gasteiger partial charge < -0.3 is 14.0 Å². The Kier molecular flexibility index (Phi) is 6.11. The van der Waals surface area contributed by atoms with E-state index in [0.717, 1.165) is 13.3 Å². The maximum Gasteiger partial charge on any atom is 0.343 e. The molecule has 0 aliphatic heterocycles. The number of methoxy groups -OCH3 is 1. The van der Waals surface area contributed by atoms with Gasteiger partial charge in [0.25, 0.3) is 0 Å². The van der Waals surface area contributed by atoms with Gasteiger partial charge in [-0.3, -0.25) is 9.59 Å². The van der Waals surface area contributed by atoms with Crippen molar-refractivity contribution in [3.05, 3.63) is 75.6 Å². The number of nitriles is 1. The third-order valence-electron chi connectivity index (χ3n) is 4.60. The van der Waals surface area contributed by atoms with Crippen LogP contribution in [0.1, 0.15) is 28.8 Å². The highest BCUT2D eigenvalue weighted by Gasteiger charge is 2.31. The van der Waals surface area contributed by atoms with Crippen LogP contribution in [0.5, 0.6) is 0 Å². The lowest BCUT2D eigenvalue weighted by atomic mass is 9.96. The van der Waals surface area contributed by atoms with E-state index in [1.165, 1.54) is 10.6 Å². The lowest BCUT2D eigenvalue weighted by Gasteiger charge is -2.17. The molecule has 0 saturated carbocycles. The number of carbonyl (C=O) groups excluding carboxylic acids is 2. The monoisotopic (exact) mass is 426 g/mol. The molecular weight excluding hydrogens is 410 g/mol. The molecule has 158 valence electrons. The quantitative estimate of drug-likeness (QED) is 0.581. The molecule has 2 aromatic carbocycles. The summed E-state index contributed by atoms with van der Waals surface area (Å²) in [5.41, 5.74) is -2.27. The molecule has 0 fully saturated rings. The highest BCUT2D eigenvalue weighted by Crippen LogP contribution is 2.30. The van der Waals surface area contributed by atoms with Crippen LogP contribution in [0, 0.1) is 23.0 Å². The summed E-state index contributed by atoms with van der Waals surface area (Å²) in [7, 11) is 0.981. The SMILES string of the molecule is CCOC(=O)c1cn(-c2ccccc2)c2c(F)c(C(C#N)C(=O)OC)c(F)cc2c1=O. The number of ether oxygens (including phenoxy) is 2. The van der Waals surface area contributed by atoms with E-state index >= 15 is 4.39 Å². The van der Waals surface area contributed by atoms with Gasteiger partial charge in [0, 0.05) is 11.9 Å². The summed E-state index contributed by atoms with van der Waals surface area (Å²) in [6.45, 7) is 1.54. The molecule has 0 spiro atoms. The number of pyridine rings is 1. The maximum atomic E-state index is 15.6. The molecule has 1 heterocycles. The van der Waals surface area contributed by atoms with Gasteiger partial charge in [-0.1, -0.05) is 18.2 Å². The third-order valence-corrected chi connectivity index (χ3v) is 4.60. The Bertz CT molecular complexity index is 1280. The average Bonchev–Trinajstić information content (AvgIpc) is 2.77. The zero-order valence-corrected chi connectivity index (χ0v) is 16.5. The van der Waals surface area contributed by atoms with Gasteiger partial charge in [-0.2, -0.15) is 5.26 Å². The van der Waals surface area contributed by atoms with Gasteiger partial charge >= 0.3 is 11.9 Å². The van der Waals surface area contributed by atoms with E-state index in [0.29, 0.717) is 11.8 Å². The molecule has 1 atom stereocenters. The van der Waals surface area contributed by atoms with Crippen molar-refractivity contribution in [3.63, 3.8) is 0 Å². The van der Waals surface area contributed by atoms with Crippen molar-refractivity contribution in [2.24, 2.45) is 0 Å². The first-order valence-electron chi connectivity index (χ1n) is 9.12. The van der Waals surface area contributed by atoms with E-state index in [-0.39, 0.29) is 6.61 Å². The molecule has 1 aromatic heterocycles. The molecule has 0 N–H and O–H groups in total. The second-order valence-corrected chi connectivity index (χ2v) is 6.37. The molecule has 9 heteroatoms. The second-order valence-electron chi connectivity index (χ2n) is 6.37. The smallest absolute Gasteiger partial charge is 0.343 e. The molecule has 7 nitrogen and oxygen atoms in total. The molecule has 1 unspecified atom stereocenters. The first-order valence-corrected chi connectivity index (χ1v) is 9.12. The average molecular weight is 426 g/mol. The fraction of sp³-hybridized carbons (Fsp3) is 0.182. The molecule has 0 aliphatic rings. The van der Waals surface area contributed by atoms with Crippen LogP contribution in [-0.2, 0) is 14.3 Å². The summed E-state index contributed by atoms with van der Waals surface area (Å²) in [5, 5.41) is 8.86. The van der Waals surface area contributed by atoms with E-state index < -0.39 is 56.9 Å². The zero-order valence-electron chi connectivity index (χ0n) is 16.5. The number of para-hydroxylation sites is 1. The number of carbonyl (C=O) groups is 2. The molecule has 0 saturated heterocycles. The van der Waals surface area contributed by atoms with Gasteiger partial charge in [-0.25, -0.2) is 13.6 Å². The Morgan fingerprint density at radius 1 is 1.23 bits per heavy atom. The van der Waals surface area contributed by atoms with Gasteiger partial charge in [-0.15, -0.1) is 0 Å². The van der Waals surface area contributed by atoms with Crippen LogP contribution >= 0.6 is 0 Å². The summed E-state index contributed by atoms with van der Waals surface area (Å²) in [6, 6.07) is 10.3. The van der Waals surface area contributed by atoms with E-state index in [9.17, 15) is 24.0 Å². The maximum absolute atomic E-state index is 15.6. The van der Waals surface area contributed by atoms with E-state index in [2.05, 4.69) is 4.74 Å². The number of rotatable bonds is 5. The van der Waals surface area contributed by atoms with Crippen LogP contribution in [0.25, 0.3) is 16.6 Å². The van der Waals surface area contributed by atoms with Crippen molar-refractivity contribution >= 4 is 22.8 Å². The van der Waals surface area contributed by atoms with Crippen LogP contribution < -0.4 is 5.43 Å². The third kappa shape index (κ3) is 3.75. The summed E-state index contributed by atoms with van der Waals surface area (Å²) >= 11 is 0. The minimum atomic E-state index is -1.89. The Morgan fingerprint density at radius 2 is 1.90 bits per heavy atom. The number of aromatic nitrogens is 1. The zero-order chi connectivity index (χ0) is 22.7. The van der Waals surface area contributed by atoms with Gasteiger partial charge in [-0.05, 0) is 25.1 Å². The number of fused-ring (bicyclic) bond motifs is 1. The Labute approximate surface area is 175 Å². The van der Waals surface area contributed by atoms with Crippen molar-refractivity contribution in [1.82, 2.24) is 4.57 Å². The van der Waals surface area contributed by atoms with Gasteiger partial charge in [0.05, 0.1) is 36.3 Å². The Hall–Kier alpha value is -4.06. The molecule has 0 amide bonds. The van der Waals surface area contributed by atoms with Crippen molar-refractivity contribution < 1.29 is 27.8 Å². The van der Waals surface area contributed by atoms with Crippen LogP contribution in [0.3, 0.4) is 0 Å². The standard InChI is InChI=1S/C22H16F2N2O5/c1-3-31-22(29)15-11-26(12-7-5-4-6-8-12)19-13(20(15)27)9-16(23)17(18(19)24)14(10-25)21(28)30-2/h4-9,11,14H,3H2,1-2H3. The fourth-order valence-electron chi connectivity index (χ4n) is 3.19. The van der Waals surface area contributed by atoms with Crippen molar-refractivity contribution in [1.29, 1.82) is 5.26 Å². The number of benzene rings is 2.